The maximum absolute atomic E-state index is 13.6. The predicted octanol–water partition coefficient (Wildman–Crippen LogP) is 5.03. The summed E-state index contributed by atoms with van der Waals surface area (Å²) in [5.41, 5.74) is -0.771. The zero-order valence-corrected chi connectivity index (χ0v) is 22.0. The van der Waals surface area contributed by atoms with E-state index in [0.29, 0.717) is 31.0 Å². The summed E-state index contributed by atoms with van der Waals surface area (Å²) in [7, 11) is 0. The second kappa shape index (κ2) is 12.2. The molecule has 0 bridgehead atoms. The third-order valence-electron chi connectivity index (χ3n) is 7.37. The minimum absolute atomic E-state index is 0.0911. The molecular weight excluding hydrogens is 499 g/mol. The minimum atomic E-state index is -4.79. The molecule has 0 radical (unpaired) electrons. The van der Waals surface area contributed by atoms with Gasteiger partial charge in [0.05, 0.1) is 0 Å². The molecule has 38 heavy (non-hydrogen) atoms. The first kappa shape index (κ1) is 27.9. The van der Waals surface area contributed by atoms with Crippen LogP contribution in [0.2, 0.25) is 0 Å². The number of piperidine rings is 2. The van der Waals surface area contributed by atoms with E-state index in [1.807, 2.05) is 13.8 Å². The fourth-order valence-corrected chi connectivity index (χ4v) is 4.95. The molecule has 2 aliphatic heterocycles. The molecule has 1 atom stereocenters. The SMILES string of the molecule is CCC(C)NC(=O)CC1CCN(c2ccc(CC(=O)c3oc(N4CCCCC4)nc3C(F)(F)F)cn2)CC1. The van der Waals surface area contributed by atoms with Gasteiger partial charge in [-0.1, -0.05) is 13.0 Å². The van der Waals surface area contributed by atoms with E-state index in [-0.39, 0.29) is 24.4 Å². The van der Waals surface area contributed by atoms with Gasteiger partial charge in [0.1, 0.15) is 5.82 Å². The number of halogens is 3. The highest BCUT2D eigenvalue weighted by Crippen LogP contribution is 2.35. The number of nitrogens with one attached hydrogen (secondary N) is 1. The first-order valence-corrected chi connectivity index (χ1v) is 13.5. The molecule has 8 nitrogen and oxygen atoms in total. The van der Waals surface area contributed by atoms with Crippen molar-refractivity contribution in [3.05, 3.63) is 35.3 Å². The first-order valence-electron chi connectivity index (χ1n) is 13.5. The first-order chi connectivity index (χ1) is 18.1. The number of alkyl halides is 3. The van der Waals surface area contributed by atoms with E-state index in [9.17, 15) is 22.8 Å². The zero-order chi connectivity index (χ0) is 27.3. The van der Waals surface area contributed by atoms with Crippen LogP contribution in [0.1, 0.15) is 80.6 Å². The summed E-state index contributed by atoms with van der Waals surface area (Å²) < 4.78 is 46.3. The summed E-state index contributed by atoms with van der Waals surface area (Å²) in [6.45, 7) is 6.67. The second-order valence-electron chi connectivity index (χ2n) is 10.4. The number of oxazole rings is 1. The van der Waals surface area contributed by atoms with Gasteiger partial charge in [-0.15, -0.1) is 0 Å². The van der Waals surface area contributed by atoms with Crippen LogP contribution in [-0.2, 0) is 17.4 Å². The number of aromatic nitrogens is 2. The Hall–Kier alpha value is -3.11. The zero-order valence-electron chi connectivity index (χ0n) is 22.0. The minimum Gasteiger partial charge on any atom is -0.420 e. The van der Waals surface area contributed by atoms with E-state index >= 15 is 0 Å². The molecule has 2 aliphatic rings. The topological polar surface area (TPSA) is 91.6 Å². The Balaban J connectivity index is 1.35. The number of amides is 1. The van der Waals surface area contributed by atoms with Gasteiger partial charge in [-0.05, 0) is 63.0 Å². The van der Waals surface area contributed by atoms with Crippen LogP contribution in [0.25, 0.3) is 0 Å². The third-order valence-corrected chi connectivity index (χ3v) is 7.37. The lowest BCUT2D eigenvalue weighted by atomic mass is 9.93. The summed E-state index contributed by atoms with van der Waals surface area (Å²) >= 11 is 0. The molecule has 1 N–H and O–H groups in total. The Morgan fingerprint density at radius 3 is 2.42 bits per heavy atom. The van der Waals surface area contributed by atoms with Crippen molar-refractivity contribution in [3.8, 4) is 0 Å². The van der Waals surface area contributed by atoms with Crippen molar-refractivity contribution < 1.29 is 27.2 Å². The third kappa shape index (κ3) is 7.05. The number of carbonyl (C=O) groups is 2. The molecule has 2 aromatic rings. The molecule has 0 saturated carbocycles. The second-order valence-corrected chi connectivity index (χ2v) is 10.4. The quantitative estimate of drug-likeness (QED) is 0.451. The molecular formula is C27H36F3N5O3. The van der Waals surface area contributed by atoms with Gasteiger partial charge in [0.25, 0.3) is 6.01 Å². The van der Waals surface area contributed by atoms with Crippen LogP contribution in [0.15, 0.2) is 22.7 Å². The highest BCUT2D eigenvalue weighted by molar-refractivity contribution is 5.96. The number of carbonyl (C=O) groups excluding carboxylic acids is 2. The number of pyridine rings is 1. The van der Waals surface area contributed by atoms with Crippen molar-refractivity contribution in [1.29, 1.82) is 0 Å². The Labute approximate surface area is 221 Å². The number of hydrogen-bond acceptors (Lipinski definition) is 7. The maximum atomic E-state index is 13.6. The smallest absolute Gasteiger partial charge is 0.420 e. The van der Waals surface area contributed by atoms with Gasteiger partial charge in [0, 0.05) is 51.3 Å². The summed E-state index contributed by atoms with van der Waals surface area (Å²) in [6.07, 6.45) is 2.34. The number of nitrogens with zero attached hydrogens (tertiary/aromatic N) is 4. The van der Waals surface area contributed by atoms with Gasteiger partial charge in [0.2, 0.25) is 17.5 Å². The van der Waals surface area contributed by atoms with Crippen LogP contribution in [0, 0.1) is 5.92 Å². The van der Waals surface area contributed by atoms with Crippen molar-refractivity contribution in [1.82, 2.24) is 15.3 Å². The molecule has 4 rings (SSSR count). The lowest BCUT2D eigenvalue weighted by Crippen LogP contribution is -2.38. The van der Waals surface area contributed by atoms with Crippen molar-refractivity contribution in [2.24, 2.45) is 5.92 Å². The van der Waals surface area contributed by atoms with E-state index in [0.717, 1.165) is 57.4 Å². The van der Waals surface area contributed by atoms with Gasteiger partial charge in [0.15, 0.2) is 5.69 Å². The van der Waals surface area contributed by atoms with E-state index < -0.39 is 23.4 Å². The Bertz CT molecular complexity index is 1090. The summed E-state index contributed by atoms with van der Waals surface area (Å²) in [4.78, 5) is 36.9. The van der Waals surface area contributed by atoms with Crippen LogP contribution in [-0.4, -0.2) is 53.9 Å². The lowest BCUT2D eigenvalue weighted by molar-refractivity contribution is -0.141. The van der Waals surface area contributed by atoms with Crippen molar-refractivity contribution in [3.63, 3.8) is 0 Å². The molecule has 2 saturated heterocycles. The monoisotopic (exact) mass is 535 g/mol. The molecule has 0 aromatic carbocycles. The highest BCUT2D eigenvalue weighted by atomic mass is 19.4. The van der Waals surface area contributed by atoms with Crippen LogP contribution in [0.4, 0.5) is 25.0 Å². The summed E-state index contributed by atoms with van der Waals surface area (Å²) in [6, 6.07) is 3.52. The van der Waals surface area contributed by atoms with Crippen LogP contribution >= 0.6 is 0 Å². The van der Waals surface area contributed by atoms with Crippen molar-refractivity contribution in [2.75, 3.05) is 36.0 Å². The van der Waals surface area contributed by atoms with Crippen LogP contribution < -0.4 is 15.1 Å². The molecule has 2 fully saturated rings. The number of Topliss-reactive ketones (excluding diaryl/α,β-unsaturated/α-hetero) is 1. The molecule has 0 spiro atoms. The van der Waals surface area contributed by atoms with Gasteiger partial charge < -0.3 is 19.5 Å². The van der Waals surface area contributed by atoms with E-state index in [2.05, 4.69) is 20.2 Å². The van der Waals surface area contributed by atoms with Crippen molar-refractivity contribution >= 4 is 23.5 Å². The number of ketones is 1. The van der Waals surface area contributed by atoms with Crippen LogP contribution in [0.3, 0.4) is 0 Å². The molecule has 0 aliphatic carbocycles. The highest BCUT2D eigenvalue weighted by Gasteiger charge is 2.41. The van der Waals surface area contributed by atoms with Crippen LogP contribution in [0.5, 0.6) is 0 Å². The fourth-order valence-electron chi connectivity index (χ4n) is 4.95. The normalized spacial score (nSPS) is 17.9. The summed E-state index contributed by atoms with van der Waals surface area (Å²) in [5, 5.41) is 3.02. The van der Waals surface area contributed by atoms with Gasteiger partial charge in [-0.2, -0.15) is 18.2 Å². The number of hydrogen-bond donors (Lipinski definition) is 1. The number of rotatable bonds is 9. The summed E-state index contributed by atoms with van der Waals surface area (Å²) in [5.74, 6) is -0.368. The predicted molar refractivity (Wildman–Crippen MR) is 137 cm³/mol. The molecule has 2 aromatic heterocycles. The average molecular weight is 536 g/mol. The molecule has 11 heteroatoms. The Morgan fingerprint density at radius 2 is 1.82 bits per heavy atom. The van der Waals surface area contributed by atoms with E-state index in [4.69, 9.17) is 4.42 Å². The maximum Gasteiger partial charge on any atom is 0.437 e. The van der Waals surface area contributed by atoms with Gasteiger partial charge >= 0.3 is 6.18 Å². The molecule has 1 amide bonds. The van der Waals surface area contributed by atoms with Gasteiger partial charge in [-0.25, -0.2) is 4.98 Å². The van der Waals surface area contributed by atoms with Gasteiger partial charge in [-0.3, -0.25) is 9.59 Å². The molecule has 4 heterocycles. The largest absolute Gasteiger partial charge is 0.437 e. The Kier molecular flexibility index (Phi) is 8.94. The van der Waals surface area contributed by atoms with E-state index in [1.165, 1.54) is 6.20 Å². The average Bonchev–Trinajstić information content (AvgIpc) is 3.37. The Morgan fingerprint density at radius 1 is 1.11 bits per heavy atom. The number of anilines is 2. The van der Waals surface area contributed by atoms with Crippen molar-refractivity contribution in [2.45, 2.75) is 77.4 Å². The van der Waals surface area contributed by atoms with E-state index in [1.54, 1.807) is 17.0 Å². The standard InChI is InChI=1S/C27H36F3N5O3/c1-3-18(2)32-23(37)16-19-9-13-34(14-10-19)22-8-7-20(17-31-22)15-21(36)24-25(27(28,29)30)33-26(38-24)35-11-5-4-6-12-35/h7-8,17-19H,3-6,9-16H2,1-2H3,(H,32,37). The fraction of sp³-hybridized carbons (Fsp3) is 0.630. The molecule has 1 unspecified atom stereocenters. The lowest BCUT2D eigenvalue weighted by Gasteiger charge is -2.32. The molecule has 208 valence electrons.